The fourth-order valence-corrected chi connectivity index (χ4v) is 3.11. The van der Waals surface area contributed by atoms with Crippen LogP contribution in [0.3, 0.4) is 0 Å². The van der Waals surface area contributed by atoms with Crippen molar-refractivity contribution in [2.75, 3.05) is 0 Å². The van der Waals surface area contributed by atoms with Gasteiger partial charge in [0.05, 0.1) is 0 Å². The van der Waals surface area contributed by atoms with Gasteiger partial charge in [0.2, 0.25) is 0 Å². The van der Waals surface area contributed by atoms with Gasteiger partial charge in [-0.1, -0.05) is 13.8 Å². The maximum absolute atomic E-state index is 12.3. The van der Waals surface area contributed by atoms with Gasteiger partial charge < -0.3 is 9.88 Å². The zero-order chi connectivity index (χ0) is 14.7. The first-order valence-corrected chi connectivity index (χ1v) is 8.97. The van der Waals surface area contributed by atoms with Crippen LogP contribution in [0.4, 0.5) is 0 Å². The lowest BCUT2D eigenvalue weighted by atomic mass is 10.2. The monoisotopic (exact) mass is 316 g/mol. The quantitative estimate of drug-likeness (QED) is 0.866. The van der Waals surface area contributed by atoms with Crippen LogP contribution >= 0.6 is 10.7 Å². The van der Waals surface area contributed by atoms with E-state index in [0.717, 1.165) is 19.3 Å². The molecule has 1 aromatic heterocycles. The van der Waals surface area contributed by atoms with Gasteiger partial charge in [-0.25, -0.2) is 8.42 Å². The molecule has 7 heteroatoms. The van der Waals surface area contributed by atoms with E-state index in [4.69, 9.17) is 10.7 Å². The highest BCUT2D eigenvalue weighted by Crippen LogP contribution is 2.45. The predicted molar refractivity (Wildman–Crippen MR) is 75.4 cm³/mol. The number of amides is 1. The summed E-state index contributed by atoms with van der Waals surface area (Å²) < 4.78 is 24.6. The molecule has 0 aliphatic heterocycles. The number of nitrogens with zero attached hydrogens (tertiary/aromatic N) is 1. The van der Waals surface area contributed by atoms with Crippen molar-refractivity contribution in [2.24, 2.45) is 5.41 Å². The third-order valence-corrected chi connectivity index (χ3v) is 5.42. The van der Waals surface area contributed by atoms with Crippen molar-refractivity contribution < 1.29 is 13.2 Å². The minimum Gasteiger partial charge on any atom is -0.347 e. The summed E-state index contributed by atoms with van der Waals surface area (Å²) in [6.07, 6.45) is 4.34. The highest BCUT2D eigenvalue weighted by Gasteiger charge is 2.47. The number of aromatic nitrogens is 1. The summed E-state index contributed by atoms with van der Waals surface area (Å²) >= 11 is 0. The molecule has 0 aromatic carbocycles. The van der Waals surface area contributed by atoms with Crippen LogP contribution in [0.25, 0.3) is 0 Å². The molecular formula is C13H17ClN2O3S. The summed E-state index contributed by atoms with van der Waals surface area (Å²) in [5.74, 6) is -0.223. The van der Waals surface area contributed by atoms with Crippen molar-refractivity contribution in [2.45, 2.75) is 50.1 Å². The lowest BCUT2D eigenvalue weighted by Crippen LogP contribution is -2.30. The Bertz CT molecular complexity index is 674. The lowest BCUT2D eigenvalue weighted by Gasteiger charge is -2.09. The third kappa shape index (κ3) is 2.59. The van der Waals surface area contributed by atoms with Crippen LogP contribution < -0.4 is 5.32 Å². The molecule has 1 amide bonds. The van der Waals surface area contributed by atoms with Crippen LogP contribution in [0, 0.1) is 5.41 Å². The Kier molecular flexibility index (Phi) is 2.96. The molecule has 1 N–H and O–H groups in total. The lowest BCUT2D eigenvalue weighted by molar-refractivity contribution is 0.0937. The number of nitrogens with one attached hydrogen (secondary N) is 1. The van der Waals surface area contributed by atoms with Crippen molar-refractivity contribution in [3.63, 3.8) is 0 Å². The Hall–Kier alpha value is -1.01. The van der Waals surface area contributed by atoms with Crippen molar-refractivity contribution in [1.29, 1.82) is 0 Å². The van der Waals surface area contributed by atoms with E-state index in [1.165, 1.54) is 12.3 Å². The van der Waals surface area contributed by atoms with Crippen molar-refractivity contribution >= 4 is 25.6 Å². The van der Waals surface area contributed by atoms with Crippen LogP contribution in [0.5, 0.6) is 0 Å². The van der Waals surface area contributed by atoms with Gasteiger partial charge in [0.1, 0.15) is 10.6 Å². The first-order valence-electron chi connectivity index (χ1n) is 6.66. The standard InChI is InChI=1S/C13H17ClN2O3S/c1-13(2)6-11(13)15-12(17)10-5-9(20(14,18)19)7-16(10)8-3-4-8/h5,7-8,11H,3-4,6H2,1-2H3,(H,15,17). The average molecular weight is 317 g/mol. The summed E-state index contributed by atoms with van der Waals surface area (Å²) in [6.45, 7) is 4.18. The van der Waals surface area contributed by atoms with E-state index in [2.05, 4.69) is 19.2 Å². The average Bonchev–Trinajstić information content (AvgIpc) is 3.18. The summed E-state index contributed by atoms with van der Waals surface area (Å²) in [4.78, 5) is 12.3. The number of halogens is 1. The number of rotatable bonds is 4. The Balaban J connectivity index is 1.88. The topological polar surface area (TPSA) is 68.2 Å². The van der Waals surface area contributed by atoms with E-state index < -0.39 is 9.05 Å². The zero-order valence-electron chi connectivity index (χ0n) is 11.4. The van der Waals surface area contributed by atoms with Gasteiger partial charge in [0.15, 0.2) is 0 Å². The smallest absolute Gasteiger partial charge is 0.268 e. The summed E-state index contributed by atoms with van der Waals surface area (Å²) in [6, 6.07) is 1.74. The first-order chi connectivity index (χ1) is 9.18. The molecule has 2 fully saturated rings. The van der Waals surface area contributed by atoms with Crippen molar-refractivity contribution in [1.82, 2.24) is 9.88 Å². The SMILES string of the molecule is CC1(C)CC1NC(=O)c1cc(S(=O)(=O)Cl)cn1C1CC1. The Labute approximate surface area is 122 Å². The molecule has 3 rings (SSSR count). The van der Waals surface area contributed by atoms with E-state index in [9.17, 15) is 13.2 Å². The molecule has 0 bridgehead atoms. The van der Waals surface area contributed by atoms with E-state index in [0.29, 0.717) is 5.69 Å². The number of hydrogen-bond donors (Lipinski definition) is 1. The molecule has 0 saturated heterocycles. The Morgan fingerprint density at radius 2 is 2.05 bits per heavy atom. The molecule has 2 aliphatic rings. The van der Waals surface area contributed by atoms with Gasteiger partial charge in [-0.2, -0.15) is 0 Å². The second kappa shape index (κ2) is 4.24. The molecular weight excluding hydrogens is 300 g/mol. The zero-order valence-corrected chi connectivity index (χ0v) is 13.0. The first kappa shape index (κ1) is 13.9. The van der Waals surface area contributed by atoms with E-state index in [1.54, 1.807) is 4.57 Å². The van der Waals surface area contributed by atoms with Crippen LogP contribution in [0.15, 0.2) is 17.2 Å². The third-order valence-electron chi connectivity index (χ3n) is 4.10. The minimum atomic E-state index is -3.81. The molecule has 1 heterocycles. The fraction of sp³-hybridized carbons (Fsp3) is 0.615. The highest BCUT2D eigenvalue weighted by atomic mass is 35.7. The summed E-state index contributed by atoms with van der Waals surface area (Å²) in [7, 11) is 1.56. The maximum Gasteiger partial charge on any atom is 0.268 e. The molecule has 1 unspecified atom stereocenters. The van der Waals surface area contributed by atoms with Crippen molar-refractivity contribution in [3.8, 4) is 0 Å². The normalized spacial score (nSPS) is 24.4. The van der Waals surface area contributed by atoms with Crippen LogP contribution in [-0.4, -0.2) is 24.9 Å². The van der Waals surface area contributed by atoms with Crippen LogP contribution in [0.2, 0.25) is 0 Å². The number of carbonyl (C=O) groups excluding carboxylic acids is 1. The van der Waals surface area contributed by atoms with E-state index in [-0.39, 0.29) is 28.3 Å². The Morgan fingerprint density at radius 3 is 2.50 bits per heavy atom. The second-order valence-electron chi connectivity index (χ2n) is 6.36. The maximum atomic E-state index is 12.3. The molecule has 0 radical (unpaired) electrons. The number of carbonyl (C=O) groups is 1. The van der Waals surface area contributed by atoms with Gasteiger partial charge >= 0.3 is 0 Å². The molecule has 20 heavy (non-hydrogen) atoms. The largest absolute Gasteiger partial charge is 0.347 e. The molecule has 2 saturated carbocycles. The second-order valence-corrected chi connectivity index (χ2v) is 8.92. The van der Waals surface area contributed by atoms with Gasteiger partial charge in [0.25, 0.3) is 15.0 Å². The van der Waals surface area contributed by atoms with Gasteiger partial charge in [0, 0.05) is 29.0 Å². The van der Waals surface area contributed by atoms with Crippen molar-refractivity contribution in [3.05, 3.63) is 18.0 Å². The van der Waals surface area contributed by atoms with E-state index >= 15 is 0 Å². The predicted octanol–water partition coefficient (Wildman–Crippen LogP) is 2.28. The van der Waals surface area contributed by atoms with Crippen LogP contribution in [-0.2, 0) is 9.05 Å². The fourth-order valence-electron chi connectivity index (χ4n) is 2.37. The molecule has 1 aromatic rings. The van der Waals surface area contributed by atoms with Gasteiger partial charge in [-0.15, -0.1) is 0 Å². The minimum absolute atomic E-state index is 0.00808. The molecule has 5 nitrogen and oxygen atoms in total. The number of hydrogen-bond acceptors (Lipinski definition) is 3. The summed E-state index contributed by atoms with van der Waals surface area (Å²) in [5.41, 5.74) is 0.517. The van der Waals surface area contributed by atoms with Crippen LogP contribution in [0.1, 0.15) is 49.6 Å². The highest BCUT2D eigenvalue weighted by molar-refractivity contribution is 8.13. The van der Waals surface area contributed by atoms with Gasteiger partial charge in [-0.05, 0) is 30.7 Å². The van der Waals surface area contributed by atoms with Gasteiger partial charge in [-0.3, -0.25) is 4.79 Å². The molecule has 110 valence electrons. The molecule has 2 aliphatic carbocycles. The molecule has 0 spiro atoms. The summed E-state index contributed by atoms with van der Waals surface area (Å²) in [5, 5.41) is 2.95. The molecule has 1 atom stereocenters. The van der Waals surface area contributed by atoms with E-state index in [1.807, 2.05) is 0 Å². The Morgan fingerprint density at radius 1 is 1.45 bits per heavy atom.